The van der Waals surface area contributed by atoms with Crippen molar-refractivity contribution in [3.05, 3.63) is 63.8 Å². The van der Waals surface area contributed by atoms with E-state index in [1.54, 1.807) is 12.3 Å². The van der Waals surface area contributed by atoms with Crippen molar-refractivity contribution in [3.8, 4) is 0 Å². The number of piperidine rings is 1. The fourth-order valence-electron chi connectivity index (χ4n) is 7.98. The number of aromatic nitrogens is 3. The number of nitrogens with zero attached hydrogens (tertiary/aromatic N) is 5. The van der Waals surface area contributed by atoms with Gasteiger partial charge in [-0.2, -0.15) is 0 Å². The first kappa shape index (κ1) is 41.1. The Balaban J connectivity index is 0.869. The van der Waals surface area contributed by atoms with Gasteiger partial charge in [-0.25, -0.2) is 9.78 Å². The van der Waals surface area contributed by atoms with Crippen LogP contribution in [0, 0.1) is 5.92 Å². The lowest BCUT2D eigenvalue weighted by atomic mass is 9.83. The van der Waals surface area contributed by atoms with Crippen LogP contribution >= 0.6 is 0 Å². The number of alkyl carbamates (subject to hydrolysis) is 1. The van der Waals surface area contributed by atoms with Crippen molar-refractivity contribution in [1.29, 1.82) is 0 Å². The minimum absolute atomic E-state index is 0.0228. The molecule has 3 fully saturated rings. The smallest absolute Gasteiger partial charge is 0.408 e. The molecule has 0 unspecified atom stereocenters. The number of nitrogens with one attached hydrogen (secondary N) is 3. The number of pyridine rings is 3. The van der Waals surface area contributed by atoms with Gasteiger partial charge in [-0.05, 0) is 95.0 Å². The second kappa shape index (κ2) is 19.1. The summed E-state index contributed by atoms with van der Waals surface area (Å²) in [5.74, 6) is -0.110. The number of carbonyl (C=O) groups excluding carboxylic acids is 3. The fraction of sp³-hybridized carbons (Fsp3) is 0.619. The lowest BCUT2D eigenvalue weighted by Gasteiger charge is -2.37. The van der Waals surface area contributed by atoms with Crippen LogP contribution < -0.4 is 21.1 Å². The van der Waals surface area contributed by atoms with Gasteiger partial charge in [-0.3, -0.25) is 24.3 Å². The van der Waals surface area contributed by atoms with Crippen LogP contribution in [0.4, 0.5) is 10.5 Å². The van der Waals surface area contributed by atoms with E-state index in [0.717, 1.165) is 99.1 Å². The molecule has 3 N–H and O–H groups in total. The van der Waals surface area contributed by atoms with Gasteiger partial charge in [-0.1, -0.05) is 26.2 Å². The monoisotopic (exact) mass is 772 g/mol. The number of piperazine rings is 1. The van der Waals surface area contributed by atoms with Gasteiger partial charge in [-0.15, -0.1) is 0 Å². The van der Waals surface area contributed by atoms with E-state index in [2.05, 4.69) is 35.4 Å². The van der Waals surface area contributed by atoms with E-state index in [-0.39, 0.29) is 29.4 Å². The number of hydrogen-bond donors (Lipinski definition) is 3. The van der Waals surface area contributed by atoms with Crippen LogP contribution in [0.5, 0.6) is 0 Å². The molecular formula is C42H60N8O6. The molecule has 0 bridgehead atoms. The zero-order valence-corrected chi connectivity index (χ0v) is 33.6. The van der Waals surface area contributed by atoms with Gasteiger partial charge in [0.25, 0.3) is 11.5 Å². The number of ether oxygens (including phenoxy) is 2. The fourth-order valence-corrected chi connectivity index (χ4v) is 7.98. The molecule has 0 spiro atoms. The minimum atomic E-state index is -0.631. The number of aromatic amines is 1. The Kier molecular flexibility index (Phi) is 14.0. The van der Waals surface area contributed by atoms with Crippen LogP contribution in [0.25, 0.3) is 11.0 Å². The van der Waals surface area contributed by atoms with E-state index in [9.17, 15) is 19.2 Å². The summed E-state index contributed by atoms with van der Waals surface area (Å²) < 4.78 is 11.6. The molecule has 0 radical (unpaired) electrons. The maximum absolute atomic E-state index is 13.7. The summed E-state index contributed by atoms with van der Waals surface area (Å²) in [5, 5.41) is 5.87. The van der Waals surface area contributed by atoms with Gasteiger partial charge in [0.2, 0.25) is 5.91 Å². The zero-order valence-electron chi connectivity index (χ0n) is 33.6. The van der Waals surface area contributed by atoms with Gasteiger partial charge >= 0.3 is 6.09 Å². The standard InChI is InChI=1S/C42H60N8O6/c1-5-30-25-35-36(46-38(30)51)24-29(26-44-35)28-48-19-21-49(22-20-48)32-12-13-34(45-27-32)39(52)43-16-9-23-55-33-14-17-50(18-15-33)40(53)37(31-10-7-6-8-11-31)47-41(54)56-42(2,3)4/h12-13,24-27,31,33,37H,5-11,14-23,28H2,1-4H3,(H,43,52)(H,46,51)(H,47,54)/t37-/m1/s1. The molecule has 14 nitrogen and oxygen atoms in total. The van der Waals surface area contributed by atoms with Gasteiger partial charge in [0.1, 0.15) is 17.3 Å². The lowest BCUT2D eigenvalue weighted by Crippen LogP contribution is -2.55. The van der Waals surface area contributed by atoms with Crippen LogP contribution in [-0.2, 0) is 27.2 Å². The third-order valence-electron chi connectivity index (χ3n) is 11.1. The van der Waals surface area contributed by atoms with E-state index in [0.29, 0.717) is 44.8 Å². The Hall–Kier alpha value is -4.56. The molecule has 56 heavy (non-hydrogen) atoms. The van der Waals surface area contributed by atoms with Crippen LogP contribution in [0.15, 0.2) is 41.5 Å². The van der Waals surface area contributed by atoms with Crippen molar-refractivity contribution in [1.82, 2.24) is 35.4 Å². The zero-order chi connectivity index (χ0) is 39.7. The van der Waals surface area contributed by atoms with Crippen molar-refractivity contribution in [2.75, 3.05) is 57.3 Å². The number of anilines is 1. The second-order valence-electron chi connectivity index (χ2n) is 16.4. The quantitative estimate of drug-likeness (QED) is 0.206. The summed E-state index contributed by atoms with van der Waals surface area (Å²) in [5.41, 5.74) is 4.08. The summed E-state index contributed by atoms with van der Waals surface area (Å²) in [4.78, 5) is 69.9. The number of carbonyl (C=O) groups is 3. The highest BCUT2D eigenvalue weighted by atomic mass is 16.6. The first-order valence-corrected chi connectivity index (χ1v) is 20.6. The average molecular weight is 773 g/mol. The first-order chi connectivity index (χ1) is 27.0. The Labute approximate surface area is 330 Å². The van der Waals surface area contributed by atoms with E-state index in [1.165, 1.54) is 6.42 Å². The number of H-pyrrole nitrogens is 1. The highest BCUT2D eigenvalue weighted by Crippen LogP contribution is 2.29. The Morgan fingerprint density at radius 3 is 2.38 bits per heavy atom. The van der Waals surface area contributed by atoms with Gasteiger partial charge in [0.05, 0.1) is 29.0 Å². The molecule has 3 aromatic heterocycles. The highest BCUT2D eigenvalue weighted by molar-refractivity contribution is 5.92. The molecular weight excluding hydrogens is 713 g/mol. The van der Waals surface area contributed by atoms with E-state index < -0.39 is 17.7 Å². The van der Waals surface area contributed by atoms with Crippen LogP contribution in [-0.4, -0.2) is 113 Å². The van der Waals surface area contributed by atoms with Crippen molar-refractivity contribution in [3.63, 3.8) is 0 Å². The van der Waals surface area contributed by atoms with Gasteiger partial charge in [0, 0.05) is 70.7 Å². The molecule has 0 aromatic carbocycles. The molecule has 304 valence electrons. The maximum atomic E-state index is 13.7. The van der Waals surface area contributed by atoms with Crippen molar-refractivity contribution >= 4 is 34.6 Å². The number of amides is 3. The largest absolute Gasteiger partial charge is 0.444 e. The molecule has 14 heteroatoms. The number of rotatable bonds is 13. The third kappa shape index (κ3) is 11.3. The normalized spacial score (nSPS) is 18.1. The first-order valence-electron chi connectivity index (χ1n) is 20.6. The number of fused-ring (bicyclic) bond motifs is 1. The topological polar surface area (TPSA) is 162 Å². The Morgan fingerprint density at radius 1 is 0.946 bits per heavy atom. The number of likely N-dealkylation sites (tertiary alicyclic amines) is 1. The number of hydrogen-bond acceptors (Lipinski definition) is 10. The summed E-state index contributed by atoms with van der Waals surface area (Å²) in [6.07, 6.45) is 11.2. The maximum Gasteiger partial charge on any atom is 0.408 e. The van der Waals surface area contributed by atoms with Crippen LogP contribution in [0.3, 0.4) is 0 Å². The third-order valence-corrected chi connectivity index (χ3v) is 11.1. The molecule has 3 amide bonds. The molecule has 3 aromatic rings. The van der Waals surface area contributed by atoms with Crippen LogP contribution in [0.2, 0.25) is 0 Å². The van der Waals surface area contributed by atoms with Crippen LogP contribution in [0.1, 0.15) is 101 Å². The van der Waals surface area contributed by atoms with Gasteiger partial charge in [0.15, 0.2) is 0 Å². The molecule has 2 aliphatic heterocycles. The Bertz CT molecular complexity index is 1840. The number of aryl methyl sites for hydroxylation is 1. The molecule has 1 saturated carbocycles. The van der Waals surface area contributed by atoms with Gasteiger partial charge < -0.3 is 34.9 Å². The lowest BCUT2D eigenvalue weighted by molar-refractivity contribution is -0.138. The van der Waals surface area contributed by atoms with E-state index in [1.807, 2.05) is 57.0 Å². The molecule has 3 aliphatic rings. The van der Waals surface area contributed by atoms with Crippen molar-refractivity contribution in [2.24, 2.45) is 5.92 Å². The predicted molar refractivity (Wildman–Crippen MR) is 216 cm³/mol. The Morgan fingerprint density at radius 2 is 1.70 bits per heavy atom. The predicted octanol–water partition coefficient (Wildman–Crippen LogP) is 4.80. The van der Waals surface area contributed by atoms with E-state index >= 15 is 0 Å². The summed E-state index contributed by atoms with van der Waals surface area (Å²) in [6, 6.07) is 7.06. The molecule has 1 atom stereocenters. The van der Waals surface area contributed by atoms with Crippen molar-refractivity contribution < 1.29 is 23.9 Å². The average Bonchev–Trinajstić information content (AvgIpc) is 3.19. The van der Waals surface area contributed by atoms with E-state index in [4.69, 9.17) is 9.47 Å². The SMILES string of the molecule is CCc1cc2ncc(CN3CCN(c4ccc(C(=O)NCCCOC5CCN(C(=O)[C@H](NC(=O)OC(C)(C)C)C6CCCCC6)CC5)nc4)CC3)cc2[nH]c1=O. The molecule has 1 aliphatic carbocycles. The summed E-state index contributed by atoms with van der Waals surface area (Å²) in [7, 11) is 0. The summed E-state index contributed by atoms with van der Waals surface area (Å²) >= 11 is 0. The second-order valence-corrected chi connectivity index (χ2v) is 16.4. The molecule has 6 rings (SSSR count). The van der Waals surface area contributed by atoms with Crippen molar-refractivity contribution in [2.45, 2.75) is 110 Å². The molecule has 2 saturated heterocycles. The minimum Gasteiger partial charge on any atom is -0.444 e. The highest BCUT2D eigenvalue weighted by Gasteiger charge is 2.36. The molecule has 5 heterocycles. The summed E-state index contributed by atoms with van der Waals surface area (Å²) in [6.45, 7) is 13.8.